The zero-order chi connectivity index (χ0) is 17.4. The number of benzene rings is 1. The van der Waals surface area contributed by atoms with Crippen LogP contribution < -0.4 is 10.2 Å². The van der Waals surface area contributed by atoms with E-state index in [1.54, 1.807) is 42.5 Å². The Kier molecular flexibility index (Phi) is 6.01. The molecular weight excluding hydrogens is 310 g/mol. The molecule has 0 fully saturated rings. The fourth-order valence-corrected chi connectivity index (χ4v) is 1.91. The van der Waals surface area contributed by atoms with Gasteiger partial charge in [0, 0.05) is 6.20 Å². The summed E-state index contributed by atoms with van der Waals surface area (Å²) in [4.78, 5) is 26.4. The average Bonchev–Trinajstić information content (AvgIpc) is 2.62. The van der Waals surface area contributed by atoms with Crippen LogP contribution in [0.3, 0.4) is 0 Å². The third kappa shape index (κ3) is 4.91. The average molecular weight is 327 g/mol. The molecular formula is C17H17N3O4. The van der Waals surface area contributed by atoms with Gasteiger partial charge in [-0.1, -0.05) is 13.0 Å². The lowest BCUT2D eigenvalue weighted by Crippen LogP contribution is -2.21. The standard InChI is InChI=1S/C17H17N3O4/c1-2-14(19-20-17(23)15-5-3-4-10-18-15)12-6-8-13(9-7-12)24-11-16(21)22/h3-10H,2,11H2,1H3,(H,20,23)(H,21,22)/b19-14-. The number of ether oxygens (including phenoxy) is 1. The van der Waals surface area contributed by atoms with Gasteiger partial charge in [-0.2, -0.15) is 5.10 Å². The van der Waals surface area contributed by atoms with Crippen molar-refractivity contribution < 1.29 is 19.4 Å². The van der Waals surface area contributed by atoms with Crippen LogP contribution in [0, 0.1) is 0 Å². The quantitative estimate of drug-likeness (QED) is 0.599. The molecule has 0 aliphatic rings. The Hall–Kier alpha value is -3.22. The smallest absolute Gasteiger partial charge is 0.341 e. The first-order valence-corrected chi connectivity index (χ1v) is 7.33. The number of carbonyl (C=O) groups is 2. The number of amides is 1. The summed E-state index contributed by atoms with van der Waals surface area (Å²) >= 11 is 0. The fourth-order valence-electron chi connectivity index (χ4n) is 1.91. The predicted octanol–water partition coefficient (Wildman–Crippen LogP) is 2.09. The van der Waals surface area contributed by atoms with Crippen molar-refractivity contribution in [2.24, 2.45) is 5.10 Å². The number of rotatable bonds is 7. The first-order valence-electron chi connectivity index (χ1n) is 7.33. The summed E-state index contributed by atoms with van der Waals surface area (Å²) in [5.74, 6) is -0.968. The SMILES string of the molecule is CC/C(=N/NC(=O)c1ccccn1)c1ccc(OCC(=O)O)cc1. The Morgan fingerprint density at radius 1 is 1.21 bits per heavy atom. The number of carboxylic acids is 1. The number of carbonyl (C=O) groups excluding carboxylic acids is 1. The van der Waals surface area contributed by atoms with Crippen LogP contribution >= 0.6 is 0 Å². The van der Waals surface area contributed by atoms with E-state index in [4.69, 9.17) is 9.84 Å². The molecule has 0 aliphatic carbocycles. The highest BCUT2D eigenvalue weighted by atomic mass is 16.5. The van der Waals surface area contributed by atoms with Crippen molar-refractivity contribution in [3.8, 4) is 5.75 Å². The molecule has 1 aromatic heterocycles. The molecule has 0 spiro atoms. The maximum absolute atomic E-state index is 11.9. The molecule has 1 aromatic carbocycles. The number of pyridine rings is 1. The van der Waals surface area contributed by atoms with Gasteiger partial charge < -0.3 is 9.84 Å². The second-order valence-corrected chi connectivity index (χ2v) is 4.77. The number of aliphatic carboxylic acids is 1. The number of nitrogens with one attached hydrogen (secondary N) is 1. The Morgan fingerprint density at radius 3 is 2.54 bits per heavy atom. The van der Waals surface area contributed by atoms with E-state index in [0.717, 1.165) is 5.56 Å². The molecule has 2 rings (SSSR count). The van der Waals surface area contributed by atoms with E-state index in [-0.39, 0.29) is 11.6 Å². The maximum atomic E-state index is 11.9. The van der Waals surface area contributed by atoms with Crippen molar-refractivity contribution in [3.63, 3.8) is 0 Å². The van der Waals surface area contributed by atoms with Crippen molar-refractivity contribution in [1.29, 1.82) is 0 Å². The number of carboxylic acid groups (broad SMARTS) is 1. The van der Waals surface area contributed by atoms with E-state index in [1.807, 2.05) is 6.92 Å². The minimum absolute atomic E-state index is 0.286. The Labute approximate surface area is 139 Å². The number of nitrogens with zero attached hydrogens (tertiary/aromatic N) is 2. The Balaban J connectivity index is 2.04. The monoisotopic (exact) mass is 327 g/mol. The van der Waals surface area contributed by atoms with Gasteiger partial charge in [0.05, 0.1) is 5.71 Å². The van der Waals surface area contributed by atoms with Crippen LogP contribution in [0.4, 0.5) is 0 Å². The summed E-state index contributed by atoms with van der Waals surface area (Å²) in [6.07, 6.45) is 2.15. The molecule has 7 nitrogen and oxygen atoms in total. The van der Waals surface area contributed by atoms with Crippen LogP contribution in [-0.2, 0) is 4.79 Å². The second-order valence-electron chi connectivity index (χ2n) is 4.77. The number of hydrazone groups is 1. The lowest BCUT2D eigenvalue weighted by atomic mass is 10.1. The van der Waals surface area contributed by atoms with Gasteiger partial charge in [0.2, 0.25) is 0 Å². The summed E-state index contributed by atoms with van der Waals surface area (Å²) in [5.41, 5.74) is 4.26. The second kappa shape index (κ2) is 8.42. The third-order valence-electron chi connectivity index (χ3n) is 3.07. The lowest BCUT2D eigenvalue weighted by molar-refractivity contribution is -0.139. The molecule has 0 aliphatic heterocycles. The highest BCUT2D eigenvalue weighted by Crippen LogP contribution is 2.14. The molecule has 0 atom stereocenters. The molecule has 24 heavy (non-hydrogen) atoms. The van der Waals surface area contributed by atoms with Crippen LogP contribution in [-0.4, -0.2) is 34.3 Å². The zero-order valence-corrected chi connectivity index (χ0v) is 13.1. The molecule has 0 bridgehead atoms. The number of aromatic nitrogens is 1. The lowest BCUT2D eigenvalue weighted by Gasteiger charge is -2.07. The van der Waals surface area contributed by atoms with E-state index in [0.29, 0.717) is 17.9 Å². The molecule has 0 saturated carbocycles. The maximum Gasteiger partial charge on any atom is 0.341 e. The van der Waals surface area contributed by atoms with E-state index in [2.05, 4.69) is 15.5 Å². The normalized spacial score (nSPS) is 11.0. The van der Waals surface area contributed by atoms with Gasteiger partial charge >= 0.3 is 5.97 Å². The van der Waals surface area contributed by atoms with Crippen LogP contribution in [0.15, 0.2) is 53.8 Å². The highest BCUT2D eigenvalue weighted by Gasteiger charge is 2.07. The summed E-state index contributed by atoms with van der Waals surface area (Å²) in [6, 6.07) is 11.9. The molecule has 124 valence electrons. The van der Waals surface area contributed by atoms with Crippen LogP contribution in [0.5, 0.6) is 5.75 Å². The van der Waals surface area contributed by atoms with Gasteiger partial charge in [0.25, 0.3) is 5.91 Å². The highest BCUT2D eigenvalue weighted by molar-refractivity contribution is 6.01. The van der Waals surface area contributed by atoms with Crippen LogP contribution in [0.25, 0.3) is 0 Å². The van der Waals surface area contributed by atoms with Gasteiger partial charge in [-0.15, -0.1) is 0 Å². The summed E-state index contributed by atoms with van der Waals surface area (Å²) in [7, 11) is 0. The van der Waals surface area contributed by atoms with Crippen molar-refractivity contribution in [1.82, 2.24) is 10.4 Å². The van der Waals surface area contributed by atoms with Gasteiger partial charge in [-0.05, 0) is 48.4 Å². The van der Waals surface area contributed by atoms with Crippen molar-refractivity contribution in [2.75, 3.05) is 6.61 Å². The molecule has 0 radical (unpaired) electrons. The fraction of sp³-hybridized carbons (Fsp3) is 0.176. The number of hydrogen-bond acceptors (Lipinski definition) is 5. The molecule has 2 aromatic rings. The third-order valence-corrected chi connectivity index (χ3v) is 3.07. The minimum atomic E-state index is -1.04. The molecule has 1 amide bonds. The molecule has 1 heterocycles. The van der Waals surface area contributed by atoms with Crippen molar-refractivity contribution in [3.05, 3.63) is 59.9 Å². The van der Waals surface area contributed by atoms with Gasteiger partial charge in [-0.3, -0.25) is 9.78 Å². The van der Waals surface area contributed by atoms with E-state index < -0.39 is 12.6 Å². The van der Waals surface area contributed by atoms with Crippen LogP contribution in [0.1, 0.15) is 29.4 Å². The summed E-state index contributed by atoms with van der Waals surface area (Å²) in [6.45, 7) is 1.52. The Morgan fingerprint density at radius 2 is 1.96 bits per heavy atom. The molecule has 0 unspecified atom stereocenters. The van der Waals surface area contributed by atoms with E-state index in [9.17, 15) is 9.59 Å². The molecule has 0 saturated heterocycles. The van der Waals surface area contributed by atoms with E-state index >= 15 is 0 Å². The summed E-state index contributed by atoms with van der Waals surface area (Å²) < 4.78 is 5.07. The molecule has 2 N–H and O–H groups in total. The van der Waals surface area contributed by atoms with Crippen molar-refractivity contribution in [2.45, 2.75) is 13.3 Å². The van der Waals surface area contributed by atoms with Crippen LogP contribution in [0.2, 0.25) is 0 Å². The van der Waals surface area contributed by atoms with Gasteiger partial charge in [0.1, 0.15) is 11.4 Å². The topological polar surface area (TPSA) is 101 Å². The first kappa shape index (κ1) is 17.1. The van der Waals surface area contributed by atoms with Gasteiger partial charge in [0.15, 0.2) is 6.61 Å². The largest absolute Gasteiger partial charge is 0.482 e. The molecule has 7 heteroatoms. The predicted molar refractivity (Wildman–Crippen MR) is 88.1 cm³/mol. The summed E-state index contributed by atoms with van der Waals surface area (Å²) in [5, 5.41) is 12.7. The van der Waals surface area contributed by atoms with Gasteiger partial charge in [-0.25, -0.2) is 10.2 Å². The van der Waals surface area contributed by atoms with E-state index in [1.165, 1.54) is 6.20 Å². The zero-order valence-electron chi connectivity index (χ0n) is 13.1. The first-order chi connectivity index (χ1) is 11.6. The Bertz CT molecular complexity index is 727. The van der Waals surface area contributed by atoms with Crippen molar-refractivity contribution >= 4 is 17.6 Å². The minimum Gasteiger partial charge on any atom is -0.482 e. The number of hydrogen-bond donors (Lipinski definition) is 2.